The second-order valence-corrected chi connectivity index (χ2v) is 11.2. The second kappa shape index (κ2) is 13.3. The third-order valence-corrected chi connectivity index (χ3v) is 7.46. The number of sulfonamides is 1. The van der Waals surface area contributed by atoms with E-state index in [1.54, 1.807) is 43.3 Å². The fourth-order valence-corrected chi connectivity index (χ4v) is 5.07. The Bertz CT molecular complexity index is 1120. The standard InChI is InChI=1S/C24H30Cl3N3O4S/c1-4-6-13-28-24(32)22(5-2)29(15-19-20(26)11-8-12-21(19)27)23(31)16-30(35(3,33)34)18-10-7-9-17(25)14-18/h7-12,14,22H,4-6,13,15-16H2,1-3H3,(H,28,32)/t22-/m1/s1. The van der Waals surface area contributed by atoms with E-state index in [1.807, 2.05) is 6.92 Å². The molecule has 0 aromatic heterocycles. The molecule has 11 heteroatoms. The number of nitrogens with zero attached hydrogens (tertiary/aromatic N) is 2. The van der Waals surface area contributed by atoms with Crippen LogP contribution in [0.5, 0.6) is 0 Å². The lowest BCUT2D eigenvalue weighted by molar-refractivity contribution is -0.140. The number of halogens is 3. The number of carbonyl (C=O) groups excluding carboxylic acids is 2. The van der Waals surface area contributed by atoms with Gasteiger partial charge in [-0.05, 0) is 43.2 Å². The highest BCUT2D eigenvalue weighted by molar-refractivity contribution is 7.92. The predicted molar refractivity (Wildman–Crippen MR) is 143 cm³/mol. The Morgan fingerprint density at radius 2 is 1.66 bits per heavy atom. The van der Waals surface area contributed by atoms with Gasteiger partial charge in [-0.2, -0.15) is 0 Å². The largest absolute Gasteiger partial charge is 0.354 e. The molecule has 0 fully saturated rings. The zero-order valence-electron chi connectivity index (χ0n) is 19.9. The first kappa shape index (κ1) is 29.2. The van der Waals surface area contributed by atoms with Crippen molar-refractivity contribution in [3.63, 3.8) is 0 Å². The molecule has 2 rings (SSSR count). The number of rotatable bonds is 12. The molecule has 0 saturated carbocycles. The molecule has 2 aromatic rings. The van der Waals surface area contributed by atoms with Crippen molar-refractivity contribution in [1.29, 1.82) is 0 Å². The van der Waals surface area contributed by atoms with Crippen LogP contribution in [0, 0.1) is 0 Å². The number of nitrogens with one attached hydrogen (secondary N) is 1. The predicted octanol–water partition coefficient (Wildman–Crippen LogP) is 5.14. The van der Waals surface area contributed by atoms with Crippen LogP contribution in [-0.4, -0.2) is 50.5 Å². The van der Waals surface area contributed by atoms with E-state index < -0.39 is 28.5 Å². The van der Waals surface area contributed by atoms with Crippen molar-refractivity contribution in [2.24, 2.45) is 0 Å². The normalized spacial score (nSPS) is 12.2. The van der Waals surface area contributed by atoms with Gasteiger partial charge in [-0.25, -0.2) is 8.42 Å². The highest BCUT2D eigenvalue weighted by Crippen LogP contribution is 2.28. The van der Waals surface area contributed by atoms with Gasteiger partial charge in [0.25, 0.3) is 0 Å². The summed E-state index contributed by atoms with van der Waals surface area (Å²) in [4.78, 5) is 28.0. The number of benzene rings is 2. The first-order chi connectivity index (χ1) is 16.5. The molecule has 7 nitrogen and oxygen atoms in total. The van der Waals surface area contributed by atoms with Gasteiger partial charge in [-0.15, -0.1) is 0 Å². The molecule has 0 radical (unpaired) electrons. The van der Waals surface area contributed by atoms with E-state index in [4.69, 9.17) is 34.8 Å². The maximum Gasteiger partial charge on any atom is 0.244 e. The number of hydrogen-bond donors (Lipinski definition) is 1. The maximum absolute atomic E-state index is 13.6. The van der Waals surface area contributed by atoms with Crippen LogP contribution >= 0.6 is 34.8 Å². The highest BCUT2D eigenvalue weighted by atomic mass is 35.5. The van der Waals surface area contributed by atoms with E-state index in [-0.39, 0.29) is 18.1 Å². The Kier molecular flexibility index (Phi) is 11.1. The summed E-state index contributed by atoms with van der Waals surface area (Å²) in [6.45, 7) is 3.67. The van der Waals surface area contributed by atoms with E-state index in [0.29, 0.717) is 33.6 Å². The van der Waals surface area contributed by atoms with Crippen molar-refractivity contribution in [2.45, 2.75) is 45.7 Å². The lowest BCUT2D eigenvalue weighted by Crippen LogP contribution is -2.52. The van der Waals surface area contributed by atoms with Gasteiger partial charge in [0.05, 0.1) is 11.9 Å². The van der Waals surface area contributed by atoms with Gasteiger partial charge < -0.3 is 10.2 Å². The maximum atomic E-state index is 13.6. The Morgan fingerprint density at radius 3 is 2.20 bits per heavy atom. The molecule has 1 N–H and O–H groups in total. The molecule has 0 aliphatic carbocycles. The molecule has 0 aliphatic rings. The van der Waals surface area contributed by atoms with Crippen molar-refractivity contribution >= 4 is 62.3 Å². The van der Waals surface area contributed by atoms with E-state index in [0.717, 1.165) is 23.4 Å². The Morgan fingerprint density at radius 1 is 1.03 bits per heavy atom. The molecule has 1 atom stereocenters. The van der Waals surface area contributed by atoms with Gasteiger partial charge >= 0.3 is 0 Å². The van der Waals surface area contributed by atoms with Crippen molar-refractivity contribution in [1.82, 2.24) is 10.2 Å². The van der Waals surface area contributed by atoms with Crippen molar-refractivity contribution in [3.05, 3.63) is 63.1 Å². The minimum Gasteiger partial charge on any atom is -0.354 e. The SMILES string of the molecule is CCCCNC(=O)[C@@H](CC)N(Cc1c(Cl)cccc1Cl)C(=O)CN(c1cccc(Cl)c1)S(C)(=O)=O. The van der Waals surface area contributed by atoms with E-state index in [2.05, 4.69) is 5.32 Å². The molecule has 192 valence electrons. The van der Waals surface area contributed by atoms with Gasteiger partial charge in [-0.3, -0.25) is 13.9 Å². The molecule has 2 amide bonds. The number of unbranched alkanes of at least 4 members (excludes halogenated alkanes) is 1. The van der Waals surface area contributed by atoms with E-state index >= 15 is 0 Å². The average Bonchev–Trinajstić information content (AvgIpc) is 2.78. The first-order valence-electron chi connectivity index (χ1n) is 11.2. The summed E-state index contributed by atoms with van der Waals surface area (Å²) in [6.07, 6.45) is 3.01. The molecule has 35 heavy (non-hydrogen) atoms. The summed E-state index contributed by atoms with van der Waals surface area (Å²) in [5.41, 5.74) is 0.710. The van der Waals surface area contributed by atoms with Crippen LogP contribution in [0.1, 0.15) is 38.7 Å². The zero-order valence-corrected chi connectivity index (χ0v) is 23.0. The molecular formula is C24H30Cl3N3O4S. The van der Waals surface area contributed by atoms with Crippen LogP contribution in [0.15, 0.2) is 42.5 Å². The monoisotopic (exact) mass is 561 g/mol. The third kappa shape index (κ3) is 8.27. The summed E-state index contributed by atoms with van der Waals surface area (Å²) in [6, 6.07) is 10.3. The average molecular weight is 563 g/mol. The van der Waals surface area contributed by atoms with Crippen LogP contribution in [0.25, 0.3) is 0 Å². The van der Waals surface area contributed by atoms with Crippen molar-refractivity contribution in [2.75, 3.05) is 23.7 Å². The molecule has 0 spiro atoms. The number of amides is 2. The Labute approximate surface area is 222 Å². The molecule has 0 aliphatic heterocycles. The molecule has 0 heterocycles. The number of carbonyl (C=O) groups is 2. The number of anilines is 1. The third-order valence-electron chi connectivity index (χ3n) is 5.38. The lowest BCUT2D eigenvalue weighted by Gasteiger charge is -2.33. The fraction of sp³-hybridized carbons (Fsp3) is 0.417. The summed E-state index contributed by atoms with van der Waals surface area (Å²) in [7, 11) is -3.85. The zero-order chi connectivity index (χ0) is 26.2. The van der Waals surface area contributed by atoms with Gasteiger partial charge in [-0.1, -0.05) is 67.2 Å². The Balaban J connectivity index is 2.46. The second-order valence-electron chi connectivity index (χ2n) is 8.04. The van der Waals surface area contributed by atoms with Crippen LogP contribution in [0.3, 0.4) is 0 Å². The summed E-state index contributed by atoms with van der Waals surface area (Å²) >= 11 is 18.8. The molecule has 2 aromatic carbocycles. The molecule has 0 saturated heterocycles. The van der Waals surface area contributed by atoms with Gasteiger partial charge in [0.15, 0.2) is 0 Å². The van der Waals surface area contributed by atoms with Crippen molar-refractivity contribution < 1.29 is 18.0 Å². The summed E-state index contributed by atoms with van der Waals surface area (Å²) in [5.74, 6) is -0.907. The van der Waals surface area contributed by atoms with Gasteiger partial charge in [0.2, 0.25) is 21.8 Å². The van der Waals surface area contributed by atoms with Gasteiger partial charge in [0.1, 0.15) is 12.6 Å². The fourth-order valence-electron chi connectivity index (χ4n) is 3.52. The quantitative estimate of drug-likeness (QED) is 0.363. The smallest absolute Gasteiger partial charge is 0.244 e. The van der Waals surface area contributed by atoms with Crippen LogP contribution < -0.4 is 9.62 Å². The topological polar surface area (TPSA) is 86.8 Å². The van der Waals surface area contributed by atoms with Gasteiger partial charge in [0, 0.05) is 33.7 Å². The molecule has 0 bridgehead atoms. The summed E-state index contributed by atoms with van der Waals surface area (Å²) in [5, 5.41) is 3.86. The lowest BCUT2D eigenvalue weighted by atomic mass is 10.1. The molecular weight excluding hydrogens is 533 g/mol. The van der Waals surface area contributed by atoms with Crippen molar-refractivity contribution in [3.8, 4) is 0 Å². The Hall–Kier alpha value is -2.00. The minimum absolute atomic E-state index is 0.0653. The number of hydrogen-bond acceptors (Lipinski definition) is 4. The minimum atomic E-state index is -3.85. The molecule has 0 unspecified atom stereocenters. The van der Waals surface area contributed by atoms with Crippen LogP contribution in [-0.2, 0) is 26.2 Å². The first-order valence-corrected chi connectivity index (χ1v) is 14.2. The highest BCUT2D eigenvalue weighted by Gasteiger charge is 2.32. The van der Waals surface area contributed by atoms with Crippen LogP contribution in [0.4, 0.5) is 5.69 Å². The van der Waals surface area contributed by atoms with E-state index in [1.165, 1.54) is 11.0 Å². The van der Waals surface area contributed by atoms with E-state index in [9.17, 15) is 18.0 Å². The van der Waals surface area contributed by atoms with Crippen LogP contribution in [0.2, 0.25) is 15.1 Å². The summed E-state index contributed by atoms with van der Waals surface area (Å²) < 4.78 is 26.2.